The molecule has 2 N–H and O–H groups in total. The maximum Gasteiger partial charge on any atom is 0.191 e. The van der Waals surface area contributed by atoms with E-state index >= 15 is 0 Å². The molecule has 23 heavy (non-hydrogen) atoms. The standard InChI is InChI=1S/C17H30N4O2/c1-5-18-16(20-12-14-8-10-23-21-14)19-11-13-7-6-9-22-15(13)17(2,3)4/h8,10,13,15H,5-7,9,11-12H2,1-4H3,(H2,18,19,20). The molecule has 0 radical (unpaired) electrons. The zero-order valence-electron chi connectivity index (χ0n) is 14.8. The van der Waals surface area contributed by atoms with Crippen LogP contribution < -0.4 is 10.6 Å². The van der Waals surface area contributed by atoms with Crippen molar-refractivity contribution in [2.45, 2.75) is 53.2 Å². The molecule has 1 saturated heterocycles. The Labute approximate surface area is 139 Å². The van der Waals surface area contributed by atoms with Crippen molar-refractivity contribution >= 4 is 5.96 Å². The molecule has 2 atom stereocenters. The summed E-state index contributed by atoms with van der Waals surface area (Å²) in [6.07, 6.45) is 4.17. The minimum absolute atomic E-state index is 0.156. The van der Waals surface area contributed by atoms with Crippen molar-refractivity contribution in [1.82, 2.24) is 15.8 Å². The molecule has 0 aliphatic carbocycles. The molecule has 1 aromatic rings. The third-order valence-corrected chi connectivity index (χ3v) is 4.06. The van der Waals surface area contributed by atoms with Gasteiger partial charge in [0.2, 0.25) is 0 Å². The maximum absolute atomic E-state index is 6.04. The van der Waals surface area contributed by atoms with E-state index < -0.39 is 0 Å². The second-order valence-corrected chi connectivity index (χ2v) is 7.13. The van der Waals surface area contributed by atoms with Gasteiger partial charge in [-0.2, -0.15) is 0 Å². The van der Waals surface area contributed by atoms with Gasteiger partial charge in [0, 0.05) is 31.7 Å². The monoisotopic (exact) mass is 322 g/mol. The smallest absolute Gasteiger partial charge is 0.191 e. The Morgan fingerprint density at radius 2 is 2.22 bits per heavy atom. The lowest BCUT2D eigenvalue weighted by Gasteiger charge is -2.40. The molecule has 2 unspecified atom stereocenters. The highest BCUT2D eigenvalue weighted by atomic mass is 16.5. The Bertz CT molecular complexity index is 479. The van der Waals surface area contributed by atoms with Gasteiger partial charge in [0.05, 0.1) is 12.6 Å². The Hall–Kier alpha value is -1.56. The molecule has 2 heterocycles. The van der Waals surface area contributed by atoms with E-state index in [1.165, 1.54) is 6.42 Å². The zero-order chi connectivity index (χ0) is 16.7. The summed E-state index contributed by atoms with van der Waals surface area (Å²) in [5.74, 6) is 1.31. The molecule has 2 rings (SSSR count). The summed E-state index contributed by atoms with van der Waals surface area (Å²) in [5, 5.41) is 10.6. The number of aliphatic imine (C=N–C) groups is 1. The normalized spacial score (nSPS) is 22.9. The summed E-state index contributed by atoms with van der Waals surface area (Å²) in [6.45, 7) is 11.9. The van der Waals surface area contributed by atoms with Gasteiger partial charge in [0.15, 0.2) is 5.96 Å². The van der Waals surface area contributed by atoms with E-state index in [-0.39, 0.29) is 11.5 Å². The highest BCUT2D eigenvalue weighted by Crippen LogP contribution is 2.33. The number of ether oxygens (including phenoxy) is 1. The highest BCUT2D eigenvalue weighted by molar-refractivity contribution is 5.79. The van der Waals surface area contributed by atoms with Gasteiger partial charge >= 0.3 is 0 Å². The molecule has 0 spiro atoms. The fraction of sp³-hybridized carbons (Fsp3) is 0.765. The molecule has 6 nitrogen and oxygen atoms in total. The minimum atomic E-state index is 0.156. The lowest BCUT2D eigenvalue weighted by Crippen LogP contribution is -2.47. The van der Waals surface area contributed by atoms with Crippen molar-refractivity contribution in [2.24, 2.45) is 16.3 Å². The average molecular weight is 322 g/mol. The van der Waals surface area contributed by atoms with Gasteiger partial charge in [-0.3, -0.25) is 0 Å². The third-order valence-electron chi connectivity index (χ3n) is 4.06. The van der Waals surface area contributed by atoms with Crippen LogP contribution in [0.15, 0.2) is 21.8 Å². The first kappa shape index (κ1) is 17.8. The molecule has 1 fully saturated rings. The summed E-state index contributed by atoms with van der Waals surface area (Å²) in [5.41, 5.74) is 0.985. The van der Waals surface area contributed by atoms with Crippen LogP contribution in [0, 0.1) is 11.3 Å². The molecule has 130 valence electrons. The summed E-state index contributed by atoms with van der Waals surface area (Å²) < 4.78 is 10.9. The Balaban J connectivity index is 1.92. The van der Waals surface area contributed by atoms with Crippen LogP contribution >= 0.6 is 0 Å². The fourth-order valence-electron chi connectivity index (χ4n) is 3.06. The molecule has 6 heteroatoms. The Morgan fingerprint density at radius 1 is 1.39 bits per heavy atom. The fourth-order valence-corrected chi connectivity index (χ4v) is 3.06. The predicted molar refractivity (Wildman–Crippen MR) is 91.2 cm³/mol. The highest BCUT2D eigenvalue weighted by Gasteiger charge is 2.35. The van der Waals surface area contributed by atoms with Gasteiger partial charge < -0.3 is 19.9 Å². The van der Waals surface area contributed by atoms with Gasteiger partial charge in [-0.05, 0) is 25.2 Å². The van der Waals surface area contributed by atoms with Crippen molar-refractivity contribution < 1.29 is 9.26 Å². The van der Waals surface area contributed by atoms with Crippen molar-refractivity contribution in [3.63, 3.8) is 0 Å². The quantitative estimate of drug-likeness (QED) is 0.644. The first-order valence-corrected chi connectivity index (χ1v) is 8.53. The summed E-state index contributed by atoms with van der Waals surface area (Å²) >= 11 is 0. The summed E-state index contributed by atoms with van der Waals surface area (Å²) in [7, 11) is 0. The van der Waals surface area contributed by atoms with Crippen molar-refractivity contribution in [1.29, 1.82) is 0 Å². The van der Waals surface area contributed by atoms with Crippen LogP contribution in [0.5, 0.6) is 0 Å². The number of nitrogens with one attached hydrogen (secondary N) is 2. The molecule has 0 bridgehead atoms. The van der Waals surface area contributed by atoms with E-state index in [1.807, 2.05) is 6.07 Å². The van der Waals surface area contributed by atoms with Gasteiger partial charge in [-0.1, -0.05) is 25.9 Å². The SMILES string of the molecule is CCNC(=NCc1ccon1)NCC1CCCOC1C(C)(C)C. The maximum atomic E-state index is 6.04. The van der Waals surface area contributed by atoms with Crippen molar-refractivity contribution in [2.75, 3.05) is 19.7 Å². The van der Waals surface area contributed by atoms with E-state index in [0.29, 0.717) is 12.5 Å². The van der Waals surface area contributed by atoms with Gasteiger partial charge in [-0.15, -0.1) is 0 Å². The minimum Gasteiger partial charge on any atom is -0.377 e. The molecule has 0 saturated carbocycles. The Morgan fingerprint density at radius 3 is 2.87 bits per heavy atom. The molecular weight excluding hydrogens is 292 g/mol. The van der Waals surface area contributed by atoms with Gasteiger partial charge in [0.1, 0.15) is 12.0 Å². The number of hydrogen-bond acceptors (Lipinski definition) is 4. The van der Waals surface area contributed by atoms with Gasteiger partial charge in [-0.25, -0.2) is 4.99 Å². The van der Waals surface area contributed by atoms with Crippen molar-refractivity contribution in [3.05, 3.63) is 18.0 Å². The summed E-state index contributed by atoms with van der Waals surface area (Å²) in [6, 6.07) is 1.83. The van der Waals surface area contributed by atoms with E-state index in [9.17, 15) is 0 Å². The van der Waals surface area contributed by atoms with E-state index in [4.69, 9.17) is 9.26 Å². The van der Waals surface area contributed by atoms with Crippen molar-refractivity contribution in [3.8, 4) is 0 Å². The first-order chi connectivity index (χ1) is 11.0. The van der Waals surface area contributed by atoms with Crippen LogP contribution in [0.1, 0.15) is 46.2 Å². The molecule has 0 aromatic carbocycles. The zero-order valence-corrected chi connectivity index (χ0v) is 14.8. The van der Waals surface area contributed by atoms with E-state index in [2.05, 4.69) is 48.5 Å². The van der Waals surface area contributed by atoms with E-state index in [0.717, 1.165) is 37.8 Å². The van der Waals surface area contributed by atoms with Crippen LogP contribution in [-0.2, 0) is 11.3 Å². The molecular formula is C17H30N4O2. The number of rotatable bonds is 5. The second-order valence-electron chi connectivity index (χ2n) is 7.13. The Kier molecular flexibility index (Phi) is 6.45. The van der Waals surface area contributed by atoms with Crippen LogP contribution in [0.2, 0.25) is 0 Å². The molecule has 1 aromatic heterocycles. The third kappa shape index (κ3) is 5.53. The largest absolute Gasteiger partial charge is 0.377 e. The lowest BCUT2D eigenvalue weighted by atomic mass is 9.78. The lowest BCUT2D eigenvalue weighted by molar-refractivity contribution is -0.0835. The van der Waals surface area contributed by atoms with Gasteiger partial charge in [0.25, 0.3) is 0 Å². The topological polar surface area (TPSA) is 71.7 Å². The summed E-state index contributed by atoms with van der Waals surface area (Å²) in [4.78, 5) is 4.56. The van der Waals surface area contributed by atoms with Crippen LogP contribution in [0.4, 0.5) is 0 Å². The second kappa shape index (κ2) is 8.34. The molecule has 0 amide bonds. The van der Waals surface area contributed by atoms with Crippen LogP contribution in [0.3, 0.4) is 0 Å². The first-order valence-electron chi connectivity index (χ1n) is 8.53. The van der Waals surface area contributed by atoms with E-state index in [1.54, 1.807) is 6.26 Å². The number of guanidine groups is 1. The predicted octanol–water partition coefficient (Wildman–Crippen LogP) is 2.57. The van der Waals surface area contributed by atoms with Crippen LogP contribution in [0.25, 0.3) is 0 Å². The average Bonchev–Trinajstić information content (AvgIpc) is 3.03. The molecule has 1 aliphatic heterocycles. The number of aromatic nitrogens is 1. The molecule has 1 aliphatic rings. The van der Waals surface area contributed by atoms with Crippen LogP contribution in [-0.4, -0.2) is 36.9 Å². The number of nitrogens with zero attached hydrogens (tertiary/aromatic N) is 2. The number of hydrogen-bond donors (Lipinski definition) is 2.